The quantitative estimate of drug-likeness (QED) is 0.235. The Hall–Kier alpha value is -0.910. The van der Waals surface area contributed by atoms with Gasteiger partial charge in [0.1, 0.15) is 0 Å². The maximum absolute atomic E-state index is 12.2. The summed E-state index contributed by atoms with van der Waals surface area (Å²) in [6.07, 6.45) is 19.4. The number of nitrogens with zero attached hydrogens (tertiary/aromatic N) is 1. The molecule has 1 rings (SSSR count). The summed E-state index contributed by atoms with van der Waals surface area (Å²) in [4.78, 5) is 14.5. The third-order valence-electron chi connectivity index (χ3n) is 5.94. The first-order chi connectivity index (χ1) is 14.7. The number of unbranched alkanes of at least 4 members (excludes halogenated alkanes) is 8. The molecule has 0 bridgehead atoms. The van der Waals surface area contributed by atoms with Gasteiger partial charge in [-0.25, -0.2) is 0 Å². The summed E-state index contributed by atoms with van der Waals surface area (Å²) in [5, 5.41) is 13.1. The van der Waals surface area contributed by atoms with E-state index in [0.717, 1.165) is 71.2 Å². The largest absolute Gasteiger partial charge is 0.393 e. The lowest BCUT2D eigenvalue weighted by atomic mass is 10.1. The van der Waals surface area contributed by atoms with Crippen molar-refractivity contribution in [3.05, 3.63) is 12.2 Å². The number of nitrogens with one attached hydrogen (secondary N) is 1. The van der Waals surface area contributed by atoms with E-state index in [-0.39, 0.29) is 18.2 Å². The molecule has 5 nitrogen and oxygen atoms in total. The van der Waals surface area contributed by atoms with Crippen molar-refractivity contribution >= 4 is 5.91 Å². The molecule has 1 amide bonds. The van der Waals surface area contributed by atoms with Gasteiger partial charge in [0.25, 0.3) is 0 Å². The Labute approximate surface area is 185 Å². The van der Waals surface area contributed by atoms with E-state index in [4.69, 9.17) is 4.74 Å². The van der Waals surface area contributed by atoms with Gasteiger partial charge in [-0.3, -0.25) is 9.69 Å². The first-order valence-electron chi connectivity index (χ1n) is 12.6. The Morgan fingerprint density at radius 3 is 2.43 bits per heavy atom. The number of aliphatic hydroxyl groups is 1. The highest BCUT2D eigenvalue weighted by atomic mass is 16.5. The van der Waals surface area contributed by atoms with Crippen molar-refractivity contribution in [3.63, 3.8) is 0 Å². The van der Waals surface area contributed by atoms with Crippen molar-refractivity contribution in [1.82, 2.24) is 10.2 Å². The highest BCUT2D eigenvalue weighted by molar-refractivity contribution is 5.76. The summed E-state index contributed by atoms with van der Waals surface area (Å²) in [7, 11) is 0. The van der Waals surface area contributed by atoms with E-state index < -0.39 is 0 Å². The molecule has 176 valence electrons. The molecule has 5 heteroatoms. The zero-order chi connectivity index (χ0) is 21.9. The number of carbonyl (C=O) groups excluding carboxylic acids is 1. The van der Waals surface area contributed by atoms with Crippen LogP contribution in [0.2, 0.25) is 0 Å². The zero-order valence-corrected chi connectivity index (χ0v) is 19.7. The second-order valence-electron chi connectivity index (χ2n) is 8.66. The van der Waals surface area contributed by atoms with Crippen LogP contribution in [0.15, 0.2) is 12.2 Å². The first-order valence-corrected chi connectivity index (χ1v) is 12.6. The van der Waals surface area contributed by atoms with Crippen LogP contribution < -0.4 is 5.32 Å². The number of allylic oxidation sites excluding steroid dienone is 1. The van der Waals surface area contributed by atoms with Crippen molar-refractivity contribution in [3.8, 4) is 0 Å². The Bertz CT molecular complexity index is 436. The van der Waals surface area contributed by atoms with Crippen molar-refractivity contribution < 1.29 is 14.6 Å². The number of rotatable bonds is 18. The fourth-order valence-electron chi connectivity index (χ4n) is 3.97. The second-order valence-corrected chi connectivity index (χ2v) is 8.66. The standard InChI is InChI=1S/C25H48N2O3/c1-3-5-6-13-16-23(28)17-14-11-9-7-8-10-12-15-18-25(29)26-24(4-2)27-19-21-30-22-20-27/h11,14,23-24,28H,3-10,12-13,15-22H2,1-2H3,(H,26,29)/b14-11-/t23-,24?/m1/s1. The van der Waals surface area contributed by atoms with Crippen LogP contribution in [0.4, 0.5) is 0 Å². The molecule has 1 aliphatic rings. The van der Waals surface area contributed by atoms with Gasteiger partial charge in [-0.2, -0.15) is 0 Å². The molecule has 2 N–H and O–H groups in total. The summed E-state index contributed by atoms with van der Waals surface area (Å²) in [6.45, 7) is 7.69. The maximum Gasteiger partial charge on any atom is 0.221 e. The SMILES string of the molecule is CCCCCC[C@@H](O)C/C=C\CCCCCCCC(=O)NC(CC)N1CCOCC1. The number of morpholine rings is 1. The summed E-state index contributed by atoms with van der Waals surface area (Å²) in [5.74, 6) is 0.185. The van der Waals surface area contributed by atoms with Crippen LogP contribution in [0, 0.1) is 0 Å². The van der Waals surface area contributed by atoms with Crippen LogP contribution in [0.25, 0.3) is 0 Å². The highest BCUT2D eigenvalue weighted by Gasteiger charge is 2.20. The van der Waals surface area contributed by atoms with E-state index in [2.05, 4.69) is 36.2 Å². The van der Waals surface area contributed by atoms with E-state index in [9.17, 15) is 9.90 Å². The van der Waals surface area contributed by atoms with E-state index in [1.807, 2.05) is 0 Å². The van der Waals surface area contributed by atoms with Gasteiger partial charge in [-0.05, 0) is 38.5 Å². The van der Waals surface area contributed by atoms with Crippen LogP contribution >= 0.6 is 0 Å². The molecule has 0 aromatic rings. The van der Waals surface area contributed by atoms with Crippen molar-refractivity contribution in [2.45, 2.75) is 116 Å². The molecule has 1 unspecified atom stereocenters. The predicted octanol–water partition coefficient (Wildman–Crippen LogP) is 5.18. The molecule has 0 spiro atoms. The lowest BCUT2D eigenvalue weighted by Crippen LogP contribution is -2.51. The van der Waals surface area contributed by atoms with Crippen LogP contribution in [-0.4, -0.2) is 54.5 Å². The fraction of sp³-hybridized carbons (Fsp3) is 0.880. The second kappa shape index (κ2) is 18.8. The van der Waals surface area contributed by atoms with Crippen molar-refractivity contribution in [2.24, 2.45) is 0 Å². The van der Waals surface area contributed by atoms with E-state index in [1.165, 1.54) is 38.5 Å². The van der Waals surface area contributed by atoms with Crippen molar-refractivity contribution in [1.29, 1.82) is 0 Å². The van der Waals surface area contributed by atoms with E-state index in [1.54, 1.807) is 0 Å². The molecule has 2 atom stereocenters. The molecular formula is C25H48N2O3. The normalized spacial score (nSPS) is 17.3. The third kappa shape index (κ3) is 14.2. The molecule has 0 radical (unpaired) electrons. The summed E-state index contributed by atoms with van der Waals surface area (Å²) in [6, 6.07) is 0. The molecule has 0 aromatic heterocycles. The van der Waals surface area contributed by atoms with Gasteiger partial charge in [0.15, 0.2) is 0 Å². The Morgan fingerprint density at radius 1 is 1.00 bits per heavy atom. The Balaban J connectivity index is 1.94. The number of carbonyl (C=O) groups is 1. The van der Waals surface area contributed by atoms with Crippen LogP contribution in [-0.2, 0) is 9.53 Å². The van der Waals surface area contributed by atoms with Gasteiger partial charge in [0.05, 0.1) is 25.5 Å². The van der Waals surface area contributed by atoms with Crippen LogP contribution in [0.3, 0.4) is 0 Å². The van der Waals surface area contributed by atoms with Gasteiger partial charge in [0.2, 0.25) is 5.91 Å². The zero-order valence-electron chi connectivity index (χ0n) is 19.7. The summed E-state index contributed by atoms with van der Waals surface area (Å²) >= 11 is 0. The fourth-order valence-corrected chi connectivity index (χ4v) is 3.97. The van der Waals surface area contributed by atoms with Crippen molar-refractivity contribution in [2.75, 3.05) is 26.3 Å². The monoisotopic (exact) mass is 424 g/mol. The minimum absolute atomic E-state index is 0.156. The summed E-state index contributed by atoms with van der Waals surface area (Å²) < 4.78 is 5.39. The molecule has 1 fully saturated rings. The Kier molecular flexibility index (Phi) is 17.0. The number of ether oxygens (including phenoxy) is 1. The Morgan fingerprint density at radius 2 is 1.70 bits per heavy atom. The van der Waals surface area contributed by atoms with E-state index in [0.29, 0.717) is 6.42 Å². The minimum atomic E-state index is -0.167. The molecule has 0 saturated carbocycles. The minimum Gasteiger partial charge on any atom is -0.393 e. The summed E-state index contributed by atoms with van der Waals surface area (Å²) in [5.41, 5.74) is 0. The molecular weight excluding hydrogens is 376 g/mol. The van der Waals surface area contributed by atoms with Crippen LogP contribution in [0.1, 0.15) is 104 Å². The van der Waals surface area contributed by atoms with Gasteiger partial charge in [-0.1, -0.05) is 70.9 Å². The molecule has 1 saturated heterocycles. The molecule has 1 heterocycles. The lowest BCUT2D eigenvalue weighted by Gasteiger charge is -2.34. The average Bonchev–Trinajstić information content (AvgIpc) is 2.77. The van der Waals surface area contributed by atoms with Gasteiger partial charge < -0.3 is 15.2 Å². The smallest absolute Gasteiger partial charge is 0.221 e. The molecule has 30 heavy (non-hydrogen) atoms. The maximum atomic E-state index is 12.2. The molecule has 0 aromatic carbocycles. The molecule has 1 aliphatic heterocycles. The number of hydrogen-bond donors (Lipinski definition) is 2. The lowest BCUT2D eigenvalue weighted by molar-refractivity contribution is -0.124. The predicted molar refractivity (Wildman–Crippen MR) is 125 cm³/mol. The first kappa shape index (κ1) is 27.1. The van der Waals surface area contributed by atoms with Gasteiger partial charge >= 0.3 is 0 Å². The van der Waals surface area contributed by atoms with E-state index >= 15 is 0 Å². The van der Waals surface area contributed by atoms with Gasteiger partial charge in [-0.15, -0.1) is 0 Å². The third-order valence-corrected chi connectivity index (χ3v) is 5.94. The topological polar surface area (TPSA) is 61.8 Å². The number of hydrogen-bond acceptors (Lipinski definition) is 4. The number of amides is 1. The molecule has 0 aliphatic carbocycles. The van der Waals surface area contributed by atoms with Crippen LogP contribution in [0.5, 0.6) is 0 Å². The number of aliphatic hydroxyl groups excluding tert-OH is 1. The average molecular weight is 425 g/mol. The highest BCUT2D eigenvalue weighted by Crippen LogP contribution is 2.11. The van der Waals surface area contributed by atoms with Gasteiger partial charge in [0, 0.05) is 19.5 Å².